The molecule has 0 fully saturated rings. The average Bonchev–Trinajstić information content (AvgIpc) is 3.13. The predicted molar refractivity (Wildman–Crippen MR) is 131 cm³/mol. The molecule has 0 aliphatic rings. The van der Waals surface area contributed by atoms with Gasteiger partial charge < -0.3 is 13.9 Å². The second kappa shape index (κ2) is 8.83. The molecule has 0 atom stereocenters. The molecule has 0 aliphatic heterocycles. The summed E-state index contributed by atoms with van der Waals surface area (Å²) >= 11 is 3.55. The Morgan fingerprint density at radius 3 is 2.76 bits per heavy atom. The van der Waals surface area contributed by atoms with Crippen molar-refractivity contribution in [1.82, 2.24) is 9.38 Å². The van der Waals surface area contributed by atoms with Crippen LogP contribution in [0.1, 0.15) is 24.5 Å². The highest BCUT2D eigenvalue weighted by Crippen LogP contribution is 2.35. The second-order valence-corrected chi connectivity index (χ2v) is 8.84. The van der Waals surface area contributed by atoms with Crippen LogP contribution in [-0.4, -0.2) is 28.6 Å². The Hall–Kier alpha value is -3.45. The van der Waals surface area contributed by atoms with Gasteiger partial charge in [-0.1, -0.05) is 28.9 Å². The number of aromatic nitrogens is 2. The maximum absolute atomic E-state index is 13.5. The molecular weight excluding hydrogens is 484 g/mol. The topological polar surface area (TPSA) is 69.9 Å². The van der Waals surface area contributed by atoms with Gasteiger partial charge in [0, 0.05) is 45.8 Å². The first-order chi connectivity index (χ1) is 16.0. The minimum absolute atomic E-state index is 0.0581. The molecule has 5 aromatic rings. The first kappa shape index (κ1) is 21.4. The molecule has 0 bridgehead atoms. The fraction of sp³-hybridized carbons (Fsp3) is 0.192. The summed E-state index contributed by atoms with van der Waals surface area (Å²) in [6, 6.07) is 13.5. The number of nitrogens with zero attached hydrogens (tertiary/aromatic N) is 2. The largest absolute Gasteiger partial charge is 0.482 e. The smallest absolute Gasteiger partial charge is 0.344 e. The van der Waals surface area contributed by atoms with E-state index in [0.29, 0.717) is 29.7 Å². The number of halogens is 1. The molecule has 166 valence electrons. The van der Waals surface area contributed by atoms with Crippen LogP contribution in [0.5, 0.6) is 5.75 Å². The van der Waals surface area contributed by atoms with Gasteiger partial charge in [0.15, 0.2) is 12.0 Å². The van der Waals surface area contributed by atoms with Crippen LogP contribution in [0.2, 0.25) is 0 Å². The lowest BCUT2D eigenvalue weighted by Crippen LogP contribution is -2.16. The molecule has 0 saturated carbocycles. The van der Waals surface area contributed by atoms with Crippen LogP contribution in [0.3, 0.4) is 0 Å². The predicted octanol–water partition coefficient (Wildman–Crippen LogP) is 5.12. The molecule has 3 aromatic heterocycles. The SMILES string of the molecule is CCCOC(=O)COc1cc2c(=O)c(Cc3cccnc3)cn3c4ccc(Br)cc4c(c1)c23. The summed E-state index contributed by atoms with van der Waals surface area (Å²) in [5.41, 5.74) is 3.39. The Labute approximate surface area is 198 Å². The molecule has 0 amide bonds. The van der Waals surface area contributed by atoms with Crippen LogP contribution in [0, 0.1) is 0 Å². The molecule has 6 nitrogen and oxygen atoms in total. The van der Waals surface area contributed by atoms with E-state index in [1.807, 2.05) is 49.5 Å². The van der Waals surface area contributed by atoms with E-state index >= 15 is 0 Å². The lowest BCUT2D eigenvalue weighted by molar-refractivity contribution is -0.146. The minimum Gasteiger partial charge on any atom is -0.482 e. The van der Waals surface area contributed by atoms with Crippen molar-refractivity contribution in [2.75, 3.05) is 13.2 Å². The number of benzene rings is 2. The van der Waals surface area contributed by atoms with Gasteiger partial charge in [0.2, 0.25) is 0 Å². The van der Waals surface area contributed by atoms with Gasteiger partial charge in [0.05, 0.1) is 23.0 Å². The van der Waals surface area contributed by atoms with Crippen LogP contribution in [0.4, 0.5) is 0 Å². The molecule has 7 heteroatoms. The number of carbonyl (C=O) groups is 1. The van der Waals surface area contributed by atoms with Crippen LogP contribution < -0.4 is 10.2 Å². The number of pyridine rings is 2. The van der Waals surface area contributed by atoms with Crippen molar-refractivity contribution in [2.24, 2.45) is 0 Å². The third-order valence-electron chi connectivity index (χ3n) is 5.60. The zero-order valence-corrected chi connectivity index (χ0v) is 19.6. The van der Waals surface area contributed by atoms with Crippen LogP contribution in [0.15, 0.2) is 70.3 Å². The fourth-order valence-electron chi connectivity index (χ4n) is 4.15. The van der Waals surface area contributed by atoms with Gasteiger partial charge in [-0.05, 0) is 48.4 Å². The highest BCUT2D eigenvalue weighted by atomic mass is 79.9. The molecule has 0 N–H and O–H groups in total. The van der Waals surface area contributed by atoms with Crippen molar-refractivity contribution in [3.63, 3.8) is 0 Å². The average molecular weight is 505 g/mol. The summed E-state index contributed by atoms with van der Waals surface area (Å²) < 4.78 is 13.9. The minimum atomic E-state index is -0.431. The first-order valence-electron chi connectivity index (χ1n) is 10.7. The normalized spacial score (nSPS) is 11.5. The molecule has 0 aliphatic carbocycles. The summed E-state index contributed by atoms with van der Waals surface area (Å²) in [4.78, 5) is 29.6. The summed E-state index contributed by atoms with van der Waals surface area (Å²) in [6.45, 7) is 2.08. The number of carbonyl (C=O) groups excluding carboxylic acids is 1. The van der Waals surface area contributed by atoms with Gasteiger partial charge in [-0.2, -0.15) is 0 Å². The summed E-state index contributed by atoms with van der Waals surface area (Å²) in [5, 5.41) is 2.44. The van der Waals surface area contributed by atoms with Gasteiger partial charge in [-0.15, -0.1) is 0 Å². The van der Waals surface area contributed by atoms with Crippen LogP contribution >= 0.6 is 15.9 Å². The van der Waals surface area contributed by atoms with Gasteiger partial charge in [0.1, 0.15) is 5.75 Å². The highest BCUT2D eigenvalue weighted by molar-refractivity contribution is 9.10. The Bertz CT molecular complexity index is 1530. The van der Waals surface area contributed by atoms with E-state index in [4.69, 9.17) is 9.47 Å². The van der Waals surface area contributed by atoms with Crippen molar-refractivity contribution in [3.8, 4) is 5.75 Å². The Morgan fingerprint density at radius 1 is 1.12 bits per heavy atom. The van der Waals surface area contributed by atoms with Crippen molar-refractivity contribution >= 4 is 49.1 Å². The van der Waals surface area contributed by atoms with E-state index in [-0.39, 0.29) is 12.0 Å². The van der Waals surface area contributed by atoms with Gasteiger partial charge in [-0.25, -0.2) is 4.79 Å². The number of rotatable bonds is 7. The zero-order chi connectivity index (χ0) is 22.9. The molecule has 0 saturated heterocycles. The van der Waals surface area contributed by atoms with Crippen molar-refractivity contribution in [3.05, 3.63) is 86.9 Å². The Kier molecular flexibility index (Phi) is 5.72. The highest BCUT2D eigenvalue weighted by Gasteiger charge is 2.18. The molecule has 33 heavy (non-hydrogen) atoms. The molecule has 0 radical (unpaired) electrons. The van der Waals surface area contributed by atoms with Crippen molar-refractivity contribution in [2.45, 2.75) is 19.8 Å². The van der Waals surface area contributed by atoms with Gasteiger partial charge in [0.25, 0.3) is 0 Å². The molecule has 0 spiro atoms. The monoisotopic (exact) mass is 504 g/mol. The molecule has 3 heterocycles. The lowest BCUT2D eigenvalue weighted by atomic mass is 10.0. The Morgan fingerprint density at radius 2 is 1.97 bits per heavy atom. The first-order valence-corrected chi connectivity index (χ1v) is 11.5. The third-order valence-corrected chi connectivity index (χ3v) is 6.09. The standard InChI is InChI=1S/C26H21BrN2O4/c1-2-8-32-24(30)15-33-19-11-21-20-10-18(27)5-6-23(20)29-14-17(9-16-4-3-7-28-13-16)26(31)22(12-19)25(21)29/h3-7,10-14H,2,8-9,15H2,1H3. The lowest BCUT2D eigenvalue weighted by Gasteiger charge is -2.10. The number of hydrogen-bond donors (Lipinski definition) is 0. The van der Waals surface area contributed by atoms with Crippen molar-refractivity contribution in [1.29, 1.82) is 0 Å². The third kappa shape index (κ3) is 4.04. The Balaban J connectivity index is 1.68. The number of ether oxygens (including phenoxy) is 2. The van der Waals surface area contributed by atoms with Crippen LogP contribution in [0.25, 0.3) is 27.2 Å². The zero-order valence-electron chi connectivity index (χ0n) is 18.0. The van der Waals surface area contributed by atoms with E-state index in [2.05, 4.69) is 25.3 Å². The van der Waals surface area contributed by atoms with E-state index in [1.54, 1.807) is 18.5 Å². The summed E-state index contributed by atoms with van der Waals surface area (Å²) in [7, 11) is 0. The van der Waals surface area contributed by atoms with E-state index in [0.717, 1.165) is 38.3 Å². The number of hydrogen-bond acceptors (Lipinski definition) is 5. The molecule has 2 aromatic carbocycles. The summed E-state index contributed by atoms with van der Waals surface area (Å²) in [6.07, 6.45) is 6.62. The molecular formula is C26H21BrN2O4. The summed E-state index contributed by atoms with van der Waals surface area (Å²) in [5.74, 6) is 0.0280. The van der Waals surface area contributed by atoms with Crippen molar-refractivity contribution < 1.29 is 14.3 Å². The number of fused-ring (bicyclic) bond motifs is 3. The molecule has 5 rings (SSSR count). The number of esters is 1. The maximum Gasteiger partial charge on any atom is 0.344 e. The second-order valence-electron chi connectivity index (χ2n) is 7.93. The quantitative estimate of drug-likeness (QED) is 0.287. The van der Waals surface area contributed by atoms with Gasteiger partial charge in [-0.3, -0.25) is 9.78 Å². The maximum atomic E-state index is 13.5. The van der Waals surface area contributed by atoms with Crippen LogP contribution in [-0.2, 0) is 16.0 Å². The van der Waals surface area contributed by atoms with E-state index in [1.165, 1.54) is 0 Å². The van der Waals surface area contributed by atoms with E-state index in [9.17, 15) is 9.59 Å². The fourth-order valence-corrected chi connectivity index (χ4v) is 4.51. The molecule has 0 unspecified atom stereocenters. The van der Waals surface area contributed by atoms with Gasteiger partial charge >= 0.3 is 5.97 Å². The van der Waals surface area contributed by atoms with E-state index < -0.39 is 5.97 Å².